The van der Waals surface area contributed by atoms with Crippen molar-refractivity contribution < 1.29 is 14.3 Å². The lowest BCUT2D eigenvalue weighted by Crippen LogP contribution is -2.50. The van der Waals surface area contributed by atoms with Crippen LogP contribution in [0, 0.1) is 5.92 Å². The Hall–Kier alpha value is -3.13. The number of amides is 2. The highest BCUT2D eigenvalue weighted by atomic mass is 32.1. The summed E-state index contributed by atoms with van der Waals surface area (Å²) in [4.78, 5) is 29.1. The molecule has 1 heterocycles. The first kappa shape index (κ1) is 25.5. The molecule has 2 N–H and O–H groups in total. The minimum atomic E-state index is -0.282. The summed E-state index contributed by atoms with van der Waals surface area (Å²) in [5, 5.41) is 6.14. The van der Waals surface area contributed by atoms with Gasteiger partial charge in [-0.1, -0.05) is 39.3 Å². The van der Waals surface area contributed by atoms with Gasteiger partial charge in [-0.2, -0.15) is 0 Å². The summed E-state index contributed by atoms with van der Waals surface area (Å²) in [6.07, 6.45) is 2.07. The molecule has 7 nitrogen and oxygen atoms in total. The number of carbonyl (C=O) groups excluding carboxylic acids is 2. The van der Waals surface area contributed by atoms with E-state index < -0.39 is 0 Å². The van der Waals surface area contributed by atoms with Gasteiger partial charge in [0.25, 0.3) is 5.91 Å². The van der Waals surface area contributed by atoms with Gasteiger partial charge in [0.05, 0.1) is 18.0 Å². The lowest BCUT2D eigenvalue weighted by molar-refractivity contribution is -0.134. The van der Waals surface area contributed by atoms with E-state index in [1.54, 1.807) is 24.3 Å². The molecule has 2 amide bonds. The number of hydrogen-bond donors (Lipinski definition) is 2. The number of nitrogens with one attached hydrogen (secondary N) is 2. The smallest absolute Gasteiger partial charge is 0.257 e. The standard InChI is InChI=1S/C26H34N4O3S/c1-4-5-18-33-21-12-10-20(11-13-21)24(31)28-26(34)27-22-8-6-7-9-23(22)29-14-16-30(17-15-29)25(32)19(2)3/h6-13,19H,4-5,14-18H2,1-3H3,(H2,27,28,31,34). The second kappa shape index (κ2) is 12.4. The predicted octanol–water partition coefficient (Wildman–Crippen LogP) is 4.30. The van der Waals surface area contributed by atoms with Crippen molar-refractivity contribution >= 4 is 40.5 Å². The summed E-state index contributed by atoms with van der Waals surface area (Å²) in [6.45, 7) is 9.49. The molecule has 1 saturated heterocycles. The third-order valence-electron chi connectivity index (χ3n) is 5.69. The number of anilines is 2. The van der Waals surface area contributed by atoms with Crippen LogP contribution < -0.4 is 20.3 Å². The molecule has 1 aliphatic rings. The van der Waals surface area contributed by atoms with E-state index in [0.717, 1.165) is 43.1 Å². The molecule has 0 aliphatic carbocycles. The van der Waals surface area contributed by atoms with E-state index in [2.05, 4.69) is 22.5 Å². The van der Waals surface area contributed by atoms with Crippen LogP contribution in [0.1, 0.15) is 44.0 Å². The maximum absolute atomic E-state index is 12.6. The van der Waals surface area contributed by atoms with Gasteiger partial charge < -0.3 is 19.9 Å². The number of unbranched alkanes of at least 4 members (excludes halogenated alkanes) is 1. The van der Waals surface area contributed by atoms with Crippen molar-refractivity contribution in [3.8, 4) is 5.75 Å². The lowest BCUT2D eigenvalue weighted by atomic mass is 10.1. The molecule has 2 aromatic rings. The van der Waals surface area contributed by atoms with Gasteiger partial charge in [0.1, 0.15) is 5.75 Å². The van der Waals surface area contributed by atoms with E-state index in [4.69, 9.17) is 17.0 Å². The van der Waals surface area contributed by atoms with Gasteiger partial charge in [-0.05, 0) is 55.0 Å². The van der Waals surface area contributed by atoms with Gasteiger partial charge in [-0.25, -0.2) is 0 Å². The summed E-state index contributed by atoms with van der Waals surface area (Å²) in [6, 6.07) is 14.9. The zero-order valence-corrected chi connectivity index (χ0v) is 21.0. The molecule has 8 heteroatoms. The average molecular weight is 483 g/mol. The van der Waals surface area contributed by atoms with Crippen LogP contribution in [0.3, 0.4) is 0 Å². The highest BCUT2D eigenvalue weighted by Gasteiger charge is 2.24. The molecule has 0 aromatic heterocycles. The number of piperazine rings is 1. The van der Waals surface area contributed by atoms with Gasteiger partial charge in [-0.3, -0.25) is 14.9 Å². The van der Waals surface area contributed by atoms with Crippen LogP contribution in [-0.2, 0) is 4.79 Å². The van der Waals surface area contributed by atoms with Crippen LogP contribution >= 0.6 is 12.2 Å². The van der Waals surface area contributed by atoms with Crippen molar-refractivity contribution in [1.82, 2.24) is 10.2 Å². The van der Waals surface area contributed by atoms with E-state index in [9.17, 15) is 9.59 Å². The first-order valence-corrected chi connectivity index (χ1v) is 12.3. The molecule has 0 saturated carbocycles. The van der Waals surface area contributed by atoms with Crippen molar-refractivity contribution in [1.29, 1.82) is 0 Å². The zero-order chi connectivity index (χ0) is 24.5. The Morgan fingerprint density at radius 2 is 1.71 bits per heavy atom. The van der Waals surface area contributed by atoms with Gasteiger partial charge >= 0.3 is 0 Å². The molecule has 0 bridgehead atoms. The first-order valence-electron chi connectivity index (χ1n) is 11.9. The van der Waals surface area contributed by atoms with Crippen molar-refractivity contribution in [2.75, 3.05) is 43.0 Å². The third-order valence-corrected chi connectivity index (χ3v) is 5.89. The summed E-state index contributed by atoms with van der Waals surface area (Å²) < 4.78 is 5.65. The van der Waals surface area contributed by atoms with E-state index in [1.807, 2.05) is 43.0 Å². The second-order valence-electron chi connectivity index (χ2n) is 8.62. The highest BCUT2D eigenvalue weighted by Crippen LogP contribution is 2.27. The largest absolute Gasteiger partial charge is 0.494 e. The second-order valence-corrected chi connectivity index (χ2v) is 9.03. The van der Waals surface area contributed by atoms with Crippen LogP contribution in [0.15, 0.2) is 48.5 Å². The average Bonchev–Trinajstić information content (AvgIpc) is 2.84. The number of para-hydroxylation sites is 2. The lowest BCUT2D eigenvalue weighted by Gasteiger charge is -2.37. The number of thiocarbonyl (C=S) groups is 1. The van der Waals surface area contributed by atoms with E-state index in [-0.39, 0.29) is 22.8 Å². The molecular formula is C26H34N4O3S. The molecule has 34 heavy (non-hydrogen) atoms. The quantitative estimate of drug-likeness (QED) is 0.432. The first-order chi connectivity index (χ1) is 16.4. The molecule has 1 fully saturated rings. The van der Waals surface area contributed by atoms with Crippen LogP contribution in [-0.4, -0.2) is 54.6 Å². The van der Waals surface area contributed by atoms with Crippen LogP contribution in [0.25, 0.3) is 0 Å². The Morgan fingerprint density at radius 1 is 1.03 bits per heavy atom. The summed E-state index contributed by atoms with van der Waals surface area (Å²) in [5.41, 5.74) is 2.31. The van der Waals surface area contributed by atoms with Crippen molar-refractivity contribution in [2.24, 2.45) is 5.92 Å². The maximum Gasteiger partial charge on any atom is 0.257 e. The Labute approximate surface area is 207 Å². The summed E-state index contributed by atoms with van der Waals surface area (Å²) >= 11 is 5.41. The van der Waals surface area contributed by atoms with Crippen molar-refractivity contribution in [3.05, 3.63) is 54.1 Å². The Morgan fingerprint density at radius 3 is 2.35 bits per heavy atom. The zero-order valence-electron chi connectivity index (χ0n) is 20.2. The minimum absolute atomic E-state index is 0.00581. The van der Waals surface area contributed by atoms with Gasteiger partial charge in [0.2, 0.25) is 5.91 Å². The molecule has 0 spiro atoms. The Kier molecular flexibility index (Phi) is 9.27. The number of ether oxygens (including phenoxy) is 1. The summed E-state index contributed by atoms with van der Waals surface area (Å²) in [5.74, 6) is 0.660. The fraction of sp³-hybridized carbons (Fsp3) is 0.423. The number of hydrogen-bond acceptors (Lipinski definition) is 5. The number of carbonyl (C=O) groups is 2. The molecule has 1 aliphatic heterocycles. The molecule has 2 aromatic carbocycles. The predicted molar refractivity (Wildman–Crippen MR) is 141 cm³/mol. The van der Waals surface area contributed by atoms with E-state index >= 15 is 0 Å². The van der Waals surface area contributed by atoms with Gasteiger partial charge in [-0.15, -0.1) is 0 Å². The van der Waals surface area contributed by atoms with E-state index in [1.165, 1.54) is 0 Å². The monoisotopic (exact) mass is 482 g/mol. The van der Waals surface area contributed by atoms with E-state index in [0.29, 0.717) is 25.3 Å². The number of benzene rings is 2. The van der Waals surface area contributed by atoms with Crippen LogP contribution in [0.5, 0.6) is 5.75 Å². The topological polar surface area (TPSA) is 73.9 Å². The fourth-order valence-electron chi connectivity index (χ4n) is 3.75. The van der Waals surface area contributed by atoms with Gasteiger partial charge in [0, 0.05) is 37.7 Å². The normalized spacial score (nSPS) is 13.5. The van der Waals surface area contributed by atoms with Crippen LogP contribution in [0.2, 0.25) is 0 Å². The molecule has 3 rings (SSSR count). The Bertz CT molecular complexity index is 986. The summed E-state index contributed by atoms with van der Waals surface area (Å²) in [7, 11) is 0. The maximum atomic E-state index is 12.6. The van der Waals surface area contributed by atoms with Crippen LogP contribution in [0.4, 0.5) is 11.4 Å². The number of rotatable bonds is 8. The third kappa shape index (κ3) is 6.93. The molecule has 0 atom stereocenters. The highest BCUT2D eigenvalue weighted by molar-refractivity contribution is 7.80. The minimum Gasteiger partial charge on any atom is -0.494 e. The Balaban J connectivity index is 1.56. The van der Waals surface area contributed by atoms with Gasteiger partial charge in [0.15, 0.2) is 5.11 Å². The molecule has 0 radical (unpaired) electrons. The molecule has 0 unspecified atom stereocenters. The molecule has 182 valence electrons. The SMILES string of the molecule is CCCCOc1ccc(C(=O)NC(=S)Nc2ccccc2N2CCN(C(=O)C(C)C)CC2)cc1. The van der Waals surface area contributed by atoms with Crippen molar-refractivity contribution in [2.45, 2.75) is 33.6 Å². The molecular weight excluding hydrogens is 448 g/mol. The fourth-order valence-corrected chi connectivity index (χ4v) is 3.96. The van der Waals surface area contributed by atoms with Crippen molar-refractivity contribution in [3.63, 3.8) is 0 Å². The number of nitrogens with zero attached hydrogens (tertiary/aromatic N) is 2.